The fourth-order valence-electron chi connectivity index (χ4n) is 1.47. The molecular formula is C10H14N4. The number of aromatic nitrogens is 3. The van der Waals surface area contributed by atoms with E-state index in [9.17, 15) is 0 Å². The van der Waals surface area contributed by atoms with Gasteiger partial charge in [-0.1, -0.05) is 0 Å². The SMILES string of the molecule is Cc1ccn2c(CCCN)nnc2c1. The minimum atomic E-state index is 0.695. The molecule has 0 amide bonds. The molecule has 14 heavy (non-hydrogen) atoms. The van der Waals surface area contributed by atoms with Crippen molar-refractivity contribution in [3.8, 4) is 0 Å². The molecule has 2 rings (SSSR count). The maximum atomic E-state index is 5.46. The first kappa shape index (κ1) is 9.15. The first-order valence-corrected chi connectivity index (χ1v) is 4.81. The molecule has 4 nitrogen and oxygen atoms in total. The maximum absolute atomic E-state index is 5.46. The lowest BCUT2D eigenvalue weighted by atomic mass is 10.3. The van der Waals surface area contributed by atoms with Gasteiger partial charge < -0.3 is 5.73 Å². The summed E-state index contributed by atoms with van der Waals surface area (Å²) >= 11 is 0. The number of hydrogen-bond donors (Lipinski definition) is 1. The number of rotatable bonds is 3. The summed E-state index contributed by atoms with van der Waals surface area (Å²) < 4.78 is 2.02. The van der Waals surface area contributed by atoms with Crippen LogP contribution in [0.5, 0.6) is 0 Å². The third kappa shape index (κ3) is 1.61. The minimum absolute atomic E-state index is 0.695. The fraction of sp³-hybridized carbons (Fsp3) is 0.400. The van der Waals surface area contributed by atoms with Gasteiger partial charge in [0.1, 0.15) is 5.82 Å². The molecule has 0 aliphatic heterocycles. The van der Waals surface area contributed by atoms with Crippen molar-refractivity contribution in [3.05, 3.63) is 29.7 Å². The van der Waals surface area contributed by atoms with Crippen LogP contribution < -0.4 is 5.73 Å². The van der Waals surface area contributed by atoms with Crippen molar-refractivity contribution in [3.63, 3.8) is 0 Å². The number of nitrogens with two attached hydrogens (primary N) is 1. The van der Waals surface area contributed by atoms with Crippen molar-refractivity contribution in [2.75, 3.05) is 6.54 Å². The Morgan fingerprint density at radius 2 is 2.29 bits per heavy atom. The van der Waals surface area contributed by atoms with Gasteiger partial charge >= 0.3 is 0 Å². The van der Waals surface area contributed by atoms with Gasteiger partial charge in [-0.25, -0.2) is 0 Å². The molecule has 2 heterocycles. The highest BCUT2D eigenvalue weighted by molar-refractivity contribution is 5.40. The third-order valence-corrected chi connectivity index (χ3v) is 2.24. The average Bonchev–Trinajstić information content (AvgIpc) is 2.57. The molecule has 0 fully saturated rings. The second kappa shape index (κ2) is 3.75. The number of pyridine rings is 1. The standard InChI is InChI=1S/C10H14N4/c1-8-4-6-14-9(3-2-5-11)12-13-10(14)7-8/h4,6-7H,2-3,5,11H2,1H3. The van der Waals surface area contributed by atoms with Gasteiger partial charge in [-0.15, -0.1) is 10.2 Å². The summed E-state index contributed by atoms with van der Waals surface area (Å²) in [6.45, 7) is 2.75. The largest absolute Gasteiger partial charge is 0.330 e. The highest BCUT2D eigenvalue weighted by Crippen LogP contribution is 2.07. The fourth-order valence-corrected chi connectivity index (χ4v) is 1.47. The van der Waals surface area contributed by atoms with Gasteiger partial charge in [0.2, 0.25) is 0 Å². The first-order chi connectivity index (χ1) is 6.81. The van der Waals surface area contributed by atoms with E-state index in [1.165, 1.54) is 5.56 Å². The molecular weight excluding hydrogens is 176 g/mol. The van der Waals surface area contributed by atoms with Gasteiger partial charge in [0, 0.05) is 12.6 Å². The first-order valence-electron chi connectivity index (χ1n) is 4.81. The average molecular weight is 190 g/mol. The second-order valence-corrected chi connectivity index (χ2v) is 3.44. The summed E-state index contributed by atoms with van der Waals surface area (Å²) in [4.78, 5) is 0. The zero-order valence-corrected chi connectivity index (χ0v) is 8.27. The lowest BCUT2D eigenvalue weighted by molar-refractivity contribution is 0.770. The monoisotopic (exact) mass is 190 g/mol. The van der Waals surface area contributed by atoms with E-state index in [1.807, 2.05) is 23.6 Å². The number of hydrogen-bond acceptors (Lipinski definition) is 3. The van der Waals surface area contributed by atoms with Crippen LogP contribution in [-0.4, -0.2) is 21.1 Å². The van der Waals surface area contributed by atoms with E-state index < -0.39 is 0 Å². The van der Waals surface area contributed by atoms with E-state index >= 15 is 0 Å². The van der Waals surface area contributed by atoms with Crippen molar-refractivity contribution < 1.29 is 0 Å². The molecule has 0 saturated carbocycles. The van der Waals surface area contributed by atoms with E-state index in [1.54, 1.807) is 0 Å². The smallest absolute Gasteiger partial charge is 0.161 e. The zero-order chi connectivity index (χ0) is 9.97. The molecule has 0 saturated heterocycles. The van der Waals surface area contributed by atoms with Crippen LogP contribution in [0.15, 0.2) is 18.3 Å². The lowest BCUT2D eigenvalue weighted by Gasteiger charge is -1.98. The quantitative estimate of drug-likeness (QED) is 0.783. The van der Waals surface area contributed by atoms with E-state index in [0.29, 0.717) is 6.54 Å². The molecule has 2 aromatic rings. The van der Waals surface area contributed by atoms with Crippen molar-refractivity contribution in [1.82, 2.24) is 14.6 Å². The van der Waals surface area contributed by atoms with Gasteiger partial charge in [-0.2, -0.15) is 0 Å². The molecule has 0 aliphatic rings. The third-order valence-electron chi connectivity index (χ3n) is 2.24. The predicted molar refractivity (Wildman–Crippen MR) is 55.1 cm³/mol. The van der Waals surface area contributed by atoms with Crippen molar-refractivity contribution in [2.24, 2.45) is 5.73 Å². The Kier molecular flexibility index (Phi) is 2.45. The van der Waals surface area contributed by atoms with E-state index in [2.05, 4.69) is 16.3 Å². The van der Waals surface area contributed by atoms with Crippen LogP contribution in [0, 0.1) is 6.92 Å². The molecule has 0 unspecified atom stereocenters. The predicted octanol–water partition coefficient (Wildman–Crippen LogP) is 0.929. The zero-order valence-electron chi connectivity index (χ0n) is 8.27. The summed E-state index contributed by atoms with van der Waals surface area (Å²) in [5.41, 5.74) is 7.57. The van der Waals surface area contributed by atoms with E-state index in [4.69, 9.17) is 5.73 Å². The molecule has 0 radical (unpaired) electrons. The van der Waals surface area contributed by atoms with E-state index in [0.717, 1.165) is 24.3 Å². The highest BCUT2D eigenvalue weighted by atomic mass is 15.2. The Bertz CT molecular complexity index is 433. The molecule has 74 valence electrons. The van der Waals surface area contributed by atoms with E-state index in [-0.39, 0.29) is 0 Å². The Morgan fingerprint density at radius 1 is 1.43 bits per heavy atom. The molecule has 0 bridgehead atoms. The van der Waals surface area contributed by atoms with Crippen LogP contribution >= 0.6 is 0 Å². The van der Waals surface area contributed by atoms with Crippen LogP contribution in [0.4, 0.5) is 0 Å². The summed E-state index contributed by atoms with van der Waals surface area (Å²) in [5.74, 6) is 0.991. The Hall–Kier alpha value is -1.42. The number of fused-ring (bicyclic) bond motifs is 1. The molecule has 2 aromatic heterocycles. The van der Waals surface area contributed by atoms with Crippen molar-refractivity contribution in [2.45, 2.75) is 19.8 Å². The normalized spacial score (nSPS) is 11.0. The van der Waals surface area contributed by atoms with Crippen LogP contribution in [0.2, 0.25) is 0 Å². The minimum Gasteiger partial charge on any atom is -0.330 e. The van der Waals surface area contributed by atoms with Crippen molar-refractivity contribution in [1.29, 1.82) is 0 Å². The summed E-state index contributed by atoms with van der Waals surface area (Å²) in [5, 5.41) is 8.24. The Morgan fingerprint density at radius 3 is 3.07 bits per heavy atom. The number of aryl methyl sites for hydroxylation is 2. The topological polar surface area (TPSA) is 56.2 Å². The molecule has 0 atom stereocenters. The van der Waals surface area contributed by atoms with Crippen LogP contribution in [0.25, 0.3) is 5.65 Å². The summed E-state index contributed by atoms with van der Waals surface area (Å²) in [6, 6.07) is 4.08. The highest BCUT2D eigenvalue weighted by Gasteiger charge is 2.03. The van der Waals surface area contributed by atoms with Gasteiger partial charge in [0.05, 0.1) is 0 Å². The molecule has 0 aliphatic carbocycles. The second-order valence-electron chi connectivity index (χ2n) is 3.44. The van der Waals surface area contributed by atoms with Crippen molar-refractivity contribution >= 4 is 5.65 Å². The molecule has 2 N–H and O–H groups in total. The van der Waals surface area contributed by atoms with Crippen LogP contribution in [0.3, 0.4) is 0 Å². The Balaban J connectivity index is 2.37. The Labute approximate surface area is 82.8 Å². The van der Waals surface area contributed by atoms with Gasteiger partial charge in [0.15, 0.2) is 5.65 Å². The van der Waals surface area contributed by atoms with Crippen LogP contribution in [-0.2, 0) is 6.42 Å². The maximum Gasteiger partial charge on any atom is 0.161 e. The van der Waals surface area contributed by atoms with Gasteiger partial charge in [0.25, 0.3) is 0 Å². The molecule has 4 heteroatoms. The molecule has 0 aromatic carbocycles. The van der Waals surface area contributed by atoms with Gasteiger partial charge in [-0.3, -0.25) is 4.40 Å². The lowest BCUT2D eigenvalue weighted by Crippen LogP contribution is -2.03. The number of nitrogens with zero attached hydrogens (tertiary/aromatic N) is 3. The molecule has 0 spiro atoms. The van der Waals surface area contributed by atoms with Crippen LogP contribution in [0.1, 0.15) is 17.8 Å². The summed E-state index contributed by atoms with van der Waals surface area (Å²) in [7, 11) is 0. The summed E-state index contributed by atoms with van der Waals surface area (Å²) in [6.07, 6.45) is 3.85. The van der Waals surface area contributed by atoms with Gasteiger partial charge in [-0.05, 0) is 37.6 Å².